The molecular weight excluding hydrogens is 234 g/mol. The normalized spacial score (nSPS) is 12.4. The second-order valence-corrected chi connectivity index (χ2v) is 4.92. The maximum atomic E-state index is 4.59. The molecule has 0 aliphatic heterocycles. The van der Waals surface area contributed by atoms with E-state index >= 15 is 0 Å². The number of aryl methyl sites for hydroxylation is 2. The van der Waals surface area contributed by atoms with Gasteiger partial charge in [0.2, 0.25) is 5.95 Å². The van der Waals surface area contributed by atoms with Crippen LogP contribution in [0.4, 0.5) is 5.95 Å². The molecule has 1 aromatic carbocycles. The number of nitrogens with one attached hydrogen (secondary N) is 1. The Bertz CT molecular complexity index is 502. The molecule has 1 unspecified atom stereocenters. The van der Waals surface area contributed by atoms with Gasteiger partial charge in [-0.1, -0.05) is 44.2 Å². The number of nitrogens with zero attached hydrogens (tertiary/aromatic N) is 2. The molecule has 1 heterocycles. The first-order valence-electron chi connectivity index (χ1n) is 7.09. The second-order valence-electron chi connectivity index (χ2n) is 4.92. The molecule has 102 valence electrons. The molecule has 0 radical (unpaired) electrons. The van der Waals surface area contributed by atoms with Crippen molar-refractivity contribution in [3.63, 3.8) is 0 Å². The van der Waals surface area contributed by atoms with Crippen LogP contribution in [0.1, 0.15) is 44.0 Å². The fourth-order valence-corrected chi connectivity index (χ4v) is 2.34. The van der Waals surface area contributed by atoms with E-state index < -0.39 is 0 Å². The monoisotopic (exact) mass is 257 g/mol. The third kappa shape index (κ3) is 3.37. The fraction of sp³-hybridized carbons (Fsp3) is 0.438. The van der Waals surface area contributed by atoms with E-state index in [0.717, 1.165) is 31.0 Å². The number of anilines is 1. The molecule has 2 rings (SSSR count). The van der Waals surface area contributed by atoms with Crippen molar-refractivity contribution in [3.8, 4) is 0 Å². The van der Waals surface area contributed by atoms with E-state index in [9.17, 15) is 0 Å². The third-order valence-electron chi connectivity index (χ3n) is 3.28. The van der Waals surface area contributed by atoms with E-state index in [1.165, 1.54) is 5.56 Å². The number of hydrogen-bond donors (Lipinski definition) is 1. The van der Waals surface area contributed by atoms with Crippen LogP contribution in [0.15, 0.2) is 36.5 Å². The van der Waals surface area contributed by atoms with Gasteiger partial charge in [-0.05, 0) is 25.3 Å². The van der Waals surface area contributed by atoms with Crippen LogP contribution in [0.3, 0.4) is 0 Å². The first-order chi connectivity index (χ1) is 9.24. The predicted octanol–water partition coefficient (Wildman–Crippen LogP) is 4.16. The minimum Gasteiger partial charge on any atom is -0.349 e. The number of hydrogen-bond acceptors (Lipinski definition) is 2. The van der Waals surface area contributed by atoms with Gasteiger partial charge in [-0.15, -0.1) is 0 Å². The van der Waals surface area contributed by atoms with E-state index in [-0.39, 0.29) is 0 Å². The van der Waals surface area contributed by atoms with Crippen LogP contribution in [0, 0.1) is 6.92 Å². The van der Waals surface area contributed by atoms with Crippen molar-refractivity contribution in [2.24, 2.45) is 0 Å². The Balaban J connectivity index is 2.19. The standard InChI is InChI=1S/C16H23N3/c1-4-11-19-12-13(3)17-16(19)18-15(5-2)14-9-7-6-8-10-14/h6-10,12,15H,4-5,11H2,1-3H3,(H,17,18). The van der Waals surface area contributed by atoms with Gasteiger partial charge < -0.3 is 9.88 Å². The molecule has 0 aliphatic carbocycles. The summed E-state index contributed by atoms with van der Waals surface area (Å²) in [7, 11) is 0. The molecule has 1 atom stereocenters. The van der Waals surface area contributed by atoms with Crippen LogP contribution in [0.2, 0.25) is 0 Å². The highest BCUT2D eigenvalue weighted by Crippen LogP contribution is 2.22. The van der Waals surface area contributed by atoms with Crippen LogP contribution in [-0.2, 0) is 6.54 Å². The van der Waals surface area contributed by atoms with Gasteiger partial charge in [-0.2, -0.15) is 0 Å². The van der Waals surface area contributed by atoms with E-state index in [2.05, 4.69) is 65.2 Å². The lowest BCUT2D eigenvalue weighted by Crippen LogP contribution is -2.13. The minimum atomic E-state index is 0.318. The van der Waals surface area contributed by atoms with Crippen molar-refractivity contribution in [1.82, 2.24) is 9.55 Å². The van der Waals surface area contributed by atoms with Crippen LogP contribution in [0.25, 0.3) is 0 Å². The molecule has 0 amide bonds. The first-order valence-corrected chi connectivity index (χ1v) is 7.09. The molecule has 0 spiro atoms. The zero-order chi connectivity index (χ0) is 13.7. The molecule has 0 fully saturated rings. The molecule has 2 aromatic rings. The Morgan fingerprint density at radius 3 is 2.58 bits per heavy atom. The van der Waals surface area contributed by atoms with Gasteiger partial charge in [0.15, 0.2) is 0 Å². The fourth-order valence-electron chi connectivity index (χ4n) is 2.34. The molecule has 19 heavy (non-hydrogen) atoms. The first kappa shape index (κ1) is 13.7. The average Bonchev–Trinajstić information content (AvgIpc) is 2.77. The van der Waals surface area contributed by atoms with Crippen molar-refractivity contribution in [3.05, 3.63) is 47.8 Å². The number of rotatable bonds is 6. The van der Waals surface area contributed by atoms with Gasteiger partial charge in [0.1, 0.15) is 0 Å². The summed E-state index contributed by atoms with van der Waals surface area (Å²) >= 11 is 0. The lowest BCUT2D eigenvalue weighted by atomic mass is 10.1. The Kier molecular flexibility index (Phi) is 4.61. The van der Waals surface area contributed by atoms with Gasteiger partial charge in [0.05, 0.1) is 11.7 Å². The van der Waals surface area contributed by atoms with Gasteiger partial charge in [-0.25, -0.2) is 4.98 Å². The summed E-state index contributed by atoms with van der Waals surface area (Å²) < 4.78 is 2.21. The summed E-state index contributed by atoms with van der Waals surface area (Å²) in [6, 6.07) is 10.9. The minimum absolute atomic E-state index is 0.318. The van der Waals surface area contributed by atoms with Crippen LogP contribution in [0.5, 0.6) is 0 Å². The summed E-state index contributed by atoms with van der Waals surface area (Å²) in [6.07, 6.45) is 4.28. The lowest BCUT2D eigenvalue weighted by molar-refractivity contribution is 0.661. The van der Waals surface area contributed by atoms with Crippen LogP contribution in [-0.4, -0.2) is 9.55 Å². The van der Waals surface area contributed by atoms with Gasteiger partial charge in [0, 0.05) is 12.7 Å². The summed E-state index contributed by atoms with van der Waals surface area (Å²) in [5, 5.41) is 3.57. The van der Waals surface area contributed by atoms with E-state index in [1.807, 2.05) is 6.92 Å². The molecule has 0 aliphatic rings. The van der Waals surface area contributed by atoms with Gasteiger partial charge in [-0.3, -0.25) is 0 Å². The Labute approximate surface area is 115 Å². The maximum Gasteiger partial charge on any atom is 0.203 e. The molecule has 0 saturated carbocycles. The molecule has 1 aromatic heterocycles. The van der Waals surface area contributed by atoms with E-state index in [1.54, 1.807) is 0 Å². The number of aromatic nitrogens is 2. The third-order valence-corrected chi connectivity index (χ3v) is 3.28. The number of imidazole rings is 1. The lowest BCUT2D eigenvalue weighted by Gasteiger charge is -2.18. The van der Waals surface area contributed by atoms with Crippen molar-refractivity contribution < 1.29 is 0 Å². The second kappa shape index (κ2) is 6.41. The van der Waals surface area contributed by atoms with Crippen molar-refractivity contribution in [2.45, 2.75) is 46.2 Å². The van der Waals surface area contributed by atoms with E-state index in [0.29, 0.717) is 6.04 Å². The molecule has 3 nitrogen and oxygen atoms in total. The van der Waals surface area contributed by atoms with E-state index in [4.69, 9.17) is 0 Å². The van der Waals surface area contributed by atoms with Crippen molar-refractivity contribution >= 4 is 5.95 Å². The Hall–Kier alpha value is -1.77. The topological polar surface area (TPSA) is 29.9 Å². The Morgan fingerprint density at radius 1 is 1.21 bits per heavy atom. The summed E-state index contributed by atoms with van der Waals surface area (Å²) in [4.78, 5) is 4.59. The van der Waals surface area contributed by atoms with Crippen molar-refractivity contribution in [2.75, 3.05) is 5.32 Å². The molecule has 1 N–H and O–H groups in total. The molecular formula is C16H23N3. The average molecular weight is 257 g/mol. The summed E-state index contributed by atoms with van der Waals surface area (Å²) in [5.74, 6) is 0.982. The molecule has 0 bridgehead atoms. The zero-order valence-electron chi connectivity index (χ0n) is 12.1. The predicted molar refractivity (Wildman–Crippen MR) is 80.4 cm³/mol. The molecule has 0 saturated heterocycles. The van der Waals surface area contributed by atoms with Crippen LogP contribution < -0.4 is 5.32 Å². The van der Waals surface area contributed by atoms with Gasteiger partial charge in [0.25, 0.3) is 0 Å². The van der Waals surface area contributed by atoms with Gasteiger partial charge >= 0.3 is 0 Å². The number of benzene rings is 1. The highest BCUT2D eigenvalue weighted by atomic mass is 15.2. The highest BCUT2D eigenvalue weighted by molar-refractivity contribution is 5.34. The summed E-state index contributed by atoms with van der Waals surface area (Å²) in [6.45, 7) is 7.44. The largest absolute Gasteiger partial charge is 0.349 e. The maximum absolute atomic E-state index is 4.59. The van der Waals surface area contributed by atoms with Crippen molar-refractivity contribution in [1.29, 1.82) is 0 Å². The summed E-state index contributed by atoms with van der Waals surface area (Å²) in [5.41, 5.74) is 2.38. The molecule has 3 heteroatoms. The smallest absolute Gasteiger partial charge is 0.203 e. The highest BCUT2D eigenvalue weighted by Gasteiger charge is 2.12. The zero-order valence-corrected chi connectivity index (χ0v) is 12.1. The van der Waals surface area contributed by atoms with Crippen LogP contribution >= 0.6 is 0 Å². The SMILES string of the molecule is CCCn1cc(C)nc1NC(CC)c1ccccc1. The quantitative estimate of drug-likeness (QED) is 0.842. The Morgan fingerprint density at radius 2 is 1.95 bits per heavy atom.